The lowest BCUT2D eigenvalue weighted by molar-refractivity contribution is 0.101. The maximum atomic E-state index is 11.2. The van der Waals surface area contributed by atoms with E-state index < -0.39 is 0 Å². The van der Waals surface area contributed by atoms with Gasteiger partial charge in [0.25, 0.3) is 0 Å². The molecule has 0 aliphatic rings. The van der Waals surface area contributed by atoms with Gasteiger partial charge in [0.2, 0.25) is 0 Å². The summed E-state index contributed by atoms with van der Waals surface area (Å²) in [5.74, 6) is 0.0893. The Kier molecular flexibility index (Phi) is 3.79. The first kappa shape index (κ1) is 12.5. The van der Waals surface area contributed by atoms with Crippen LogP contribution in [0.2, 0.25) is 0 Å². The predicted molar refractivity (Wildman–Crippen MR) is 77.3 cm³/mol. The monoisotopic (exact) mass is 352 g/mol. The van der Waals surface area contributed by atoms with Crippen LogP contribution in [0.3, 0.4) is 0 Å². The van der Waals surface area contributed by atoms with Gasteiger partial charge >= 0.3 is 0 Å². The minimum Gasteiger partial charge on any atom is -0.295 e. The van der Waals surface area contributed by atoms with Crippen molar-refractivity contribution >= 4 is 37.6 Å². The fraction of sp³-hybridized carbons (Fsp3) is 0.0714. The largest absolute Gasteiger partial charge is 0.295 e. The van der Waals surface area contributed by atoms with E-state index in [1.165, 1.54) is 0 Å². The highest BCUT2D eigenvalue weighted by Gasteiger charge is 2.04. The Balaban J connectivity index is 2.43. The second kappa shape index (κ2) is 5.15. The summed E-state index contributed by atoms with van der Waals surface area (Å²) >= 11 is 6.96. The molecule has 1 nitrogen and oxygen atoms in total. The minimum atomic E-state index is 0.0893. The molecule has 17 heavy (non-hydrogen) atoms. The zero-order chi connectivity index (χ0) is 12.4. The summed E-state index contributed by atoms with van der Waals surface area (Å²) in [6.07, 6.45) is 0. The zero-order valence-electron chi connectivity index (χ0n) is 9.21. The molecule has 86 valence electrons. The molecule has 2 aromatic carbocycles. The highest BCUT2D eigenvalue weighted by atomic mass is 79.9. The lowest BCUT2D eigenvalue weighted by Gasteiger charge is -2.06. The molecule has 0 amide bonds. The van der Waals surface area contributed by atoms with E-state index in [1.807, 2.05) is 42.5 Å². The fourth-order valence-corrected chi connectivity index (χ4v) is 2.88. The Morgan fingerprint density at radius 1 is 1.00 bits per heavy atom. The molecule has 0 bridgehead atoms. The van der Waals surface area contributed by atoms with Crippen molar-refractivity contribution in [2.24, 2.45) is 0 Å². The van der Waals surface area contributed by atoms with E-state index in [9.17, 15) is 4.79 Å². The SMILES string of the molecule is CC(=O)c1ccc(-c2ccc(Br)cc2Br)cc1. The molecule has 0 saturated carbocycles. The van der Waals surface area contributed by atoms with Crippen molar-refractivity contribution in [3.05, 3.63) is 57.0 Å². The van der Waals surface area contributed by atoms with E-state index in [0.717, 1.165) is 25.6 Å². The first-order chi connectivity index (χ1) is 8.08. The molecular weight excluding hydrogens is 344 g/mol. The maximum absolute atomic E-state index is 11.2. The van der Waals surface area contributed by atoms with Gasteiger partial charge in [-0.05, 0) is 30.2 Å². The average molecular weight is 354 g/mol. The number of halogens is 2. The number of benzene rings is 2. The summed E-state index contributed by atoms with van der Waals surface area (Å²) in [5.41, 5.74) is 2.94. The molecule has 0 heterocycles. The zero-order valence-corrected chi connectivity index (χ0v) is 12.4. The van der Waals surface area contributed by atoms with Crippen LogP contribution in [0.15, 0.2) is 51.4 Å². The van der Waals surface area contributed by atoms with Crippen molar-refractivity contribution in [3.8, 4) is 11.1 Å². The Morgan fingerprint density at radius 3 is 2.18 bits per heavy atom. The van der Waals surface area contributed by atoms with Crippen LogP contribution in [0.5, 0.6) is 0 Å². The Labute approximate surface area is 117 Å². The summed E-state index contributed by atoms with van der Waals surface area (Å²) in [6, 6.07) is 13.7. The molecule has 0 aliphatic carbocycles. The summed E-state index contributed by atoms with van der Waals surface area (Å²) < 4.78 is 2.07. The molecule has 0 radical (unpaired) electrons. The van der Waals surface area contributed by atoms with Crippen LogP contribution in [0.4, 0.5) is 0 Å². The minimum absolute atomic E-state index is 0.0893. The molecule has 0 aliphatic heterocycles. The van der Waals surface area contributed by atoms with Gasteiger partial charge in [0, 0.05) is 14.5 Å². The van der Waals surface area contributed by atoms with Gasteiger partial charge in [0.1, 0.15) is 0 Å². The smallest absolute Gasteiger partial charge is 0.159 e. The normalized spacial score (nSPS) is 10.3. The van der Waals surface area contributed by atoms with Gasteiger partial charge in [-0.15, -0.1) is 0 Å². The van der Waals surface area contributed by atoms with Gasteiger partial charge in [0.05, 0.1) is 0 Å². The second-order valence-electron chi connectivity index (χ2n) is 3.76. The molecule has 0 N–H and O–H groups in total. The summed E-state index contributed by atoms with van der Waals surface area (Å²) in [4.78, 5) is 11.2. The number of rotatable bonds is 2. The standard InChI is InChI=1S/C14H10Br2O/c1-9(17)10-2-4-11(5-3-10)13-7-6-12(15)8-14(13)16/h2-8H,1H3. The lowest BCUT2D eigenvalue weighted by atomic mass is 10.0. The number of hydrogen-bond donors (Lipinski definition) is 0. The third kappa shape index (κ3) is 2.85. The molecule has 3 heteroatoms. The van der Waals surface area contributed by atoms with Crippen LogP contribution in [0.1, 0.15) is 17.3 Å². The van der Waals surface area contributed by atoms with Crippen LogP contribution >= 0.6 is 31.9 Å². The van der Waals surface area contributed by atoms with Gasteiger partial charge in [-0.3, -0.25) is 4.79 Å². The highest BCUT2D eigenvalue weighted by Crippen LogP contribution is 2.30. The van der Waals surface area contributed by atoms with E-state index >= 15 is 0 Å². The van der Waals surface area contributed by atoms with Crippen molar-refractivity contribution in [1.82, 2.24) is 0 Å². The third-order valence-electron chi connectivity index (χ3n) is 2.53. The molecule has 2 aromatic rings. The van der Waals surface area contributed by atoms with Crippen molar-refractivity contribution < 1.29 is 4.79 Å². The van der Waals surface area contributed by atoms with E-state index in [4.69, 9.17) is 0 Å². The van der Waals surface area contributed by atoms with Crippen molar-refractivity contribution in [1.29, 1.82) is 0 Å². The van der Waals surface area contributed by atoms with Crippen molar-refractivity contribution in [3.63, 3.8) is 0 Å². The number of carbonyl (C=O) groups excluding carboxylic acids is 1. The van der Waals surface area contributed by atoms with Gasteiger partial charge in [-0.25, -0.2) is 0 Å². The van der Waals surface area contributed by atoms with Gasteiger partial charge in [-0.1, -0.05) is 62.2 Å². The van der Waals surface area contributed by atoms with Crippen molar-refractivity contribution in [2.45, 2.75) is 6.92 Å². The first-order valence-corrected chi connectivity index (χ1v) is 6.73. The molecule has 2 rings (SSSR count). The Bertz CT molecular complexity index is 559. The number of carbonyl (C=O) groups is 1. The second-order valence-corrected chi connectivity index (χ2v) is 5.53. The average Bonchev–Trinajstić information content (AvgIpc) is 2.29. The Morgan fingerprint density at radius 2 is 1.65 bits per heavy atom. The van der Waals surface area contributed by atoms with Gasteiger partial charge in [0.15, 0.2) is 5.78 Å². The van der Waals surface area contributed by atoms with Gasteiger partial charge < -0.3 is 0 Å². The Hall–Kier alpha value is -0.930. The summed E-state index contributed by atoms with van der Waals surface area (Å²) in [5, 5.41) is 0. The van der Waals surface area contributed by atoms with Crippen LogP contribution in [0, 0.1) is 0 Å². The summed E-state index contributed by atoms with van der Waals surface area (Å²) in [6.45, 7) is 1.57. The van der Waals surface area contributed by atoms with Crippen LogP contribution in [0.25, 0.3) is 11.1 Å². The highest BCUT2D eigenvalue weighted by molar-refractivity contribution is 9.11. The number of ketones is 1. The third-order valence-corrected chi connectivity index (χ3v) is 3.68. The topological polar surface area (TPSA) is 17.1 Å². The van der Waals surface area contributed by atoms with E-state index in [0.29, 0.717) is 0 Å². The summed E-state index contributed by atoms with van der Waals surface area (Å²) in [7, 11) is 0. The van der Waals surface area contributed by atoms with Gasteiger partial charge in [-0.2, -0.15) is 0 Å². The van der Waals surface area contributed by atoms with E-state index in [-0.39, 0.29) is 5.78 Å². The van der Waals surface area contributed by atoms with Crippen LogP contribution in [-0.4, -0.2) is 5.78 Å². The molecule has 0 spiro atoms. The fourth-order valence-electron chi connectivity index (χ4n) is 1.61. The molecule has 0 atom stereocenters. The van der Waals surface area contributed by atoms with Crippen LogP contribution in [-0.2, 0) is 0 Å². The van der Waals surface area contributed by atoms with E-state index in [1.54, 1.807) is 6.92 Å². The number of Topliss-reactive ketones (excluding diaryl/α,β-unsaturated/α-hetero) is 1. The predicted octanol–water partition coefficient (Wildman–Crippen LogP) is 5.08. The number of hydrogen-bond acceptors (Lipinski definition) is 1. The van der Waals surface area contributed by atoms with Crippen LogP contribution < -0.4 is 0 Å². The molecule has 0 unspecified atom stereocenters. The van der Waals surface area contributed by atoms with Crippen molar-refractivity contribution in [2.75, 3.05) is 0 Å². The van der Waals surface area contributed by atoms with E-state index in [2.05, 4.69) is 31.9 Å². The lowest BCUT2D eigenvalue weighted by Crippen LogP contribution is -1.91. The molecule has 0 aromatic heterocycles. The molecule has 0 fully saturated rings. The molecular formula is C14H10Br2O. The molecule has 0 saturated heterocycles. The maximum Gasteiger partial charge on any atom is 0.159 e. The first-order valence-electron chi connectivity index (χ1n) is 5.14. The quantitative estimate of drug-likeness (QED) is 0.688.